The Morgan fingerprint density at radius 3 is 2.60 bits per heavy atom. The van der Waals surface area contributed by atoms with E-state index in [1.807, 2.05) is 31.2 Å². The summed E-state index contributed by atoms with van der Waals surface area (Å²) in [6.45, 7) is 1.95. The Morgan fingerprint density at radius 1 is 1.16 bits per heavy atom. The van der Waals surface area contributed by atoms with Gasteiger partial charge in [0.05, 0.1) is 4.92 Å². The van der Waals surface area contributed by atoms with Crippen molar-refractivity contribution in [3.8, 4) is 0 Å². The fraction of sp³-hybridized carbons (Fsp3) is 0.0526. The quantitative estimate of drug-likeness (QED) is 0.368. The Morgan fingerprint density at radius 2 is 1.92 bits per heavy atom. The van der Waals surface area contributed by atoms with Gasteiger partial charge in [-0.25, -0.2) is 9.79 Å². The van der Waals surface area contributed by atoms with Crippen LogP contribution in [0.15, 0.2) is 71.4 Å². The van der Waals surface area contributed by atoms with Gasteiger partial charge in [0.15, 0.2) is 5.70 Å². The summed E-state index contributed by atoms with van der Waals surface area (Å²) in [6, 6.07) is 13.6. The lowest BCUT2D eigenvalue weighted by Gasteiger charge is -1.99. The molecule has 0 saturated carbocycles. The van der Waals surface area contributed by atoms with Gasteiger partial charge < -0.3 is 4.74 Å². The van der Waals surface area contributed by atoms with Crippen LogP contribution in [0.25, 0.3) is 6.08 Å². The number of nitrogens with zero attached hydrogens (tertiary/aromatic N) is 2. The molecule has 25 heavy (non-hydrogen) atoms. The van der Waals surface area contributed by atoms with Crippen molar-refractivity contribution < 1.29 is 14.5 Å². The van der Waals surface area contributed by atoms with Crippen molar-refractivity contribution in [3.05, 3.63) is 93.2 Å². The largest absolute Gasteiger partial charge is 0.402 e. The Hall–Kier alpha value is -3.54. The summed E-state index contributed by atoms with van der Waals surface area (Å²) in [5.41, 5.74) is 2.80. The first kappa shape index (κ1) is 16.3. The highest BCUT2D eigenvalue weighted by atomic mass is 16.6. The lowest BCUT2D eigenvalue weighted by molar-refractivity contribution is -0.384. The summed E-state index contributed by atoms with van der Waals surface area (Å²) in [5.74, 6) is -0.228. The van der Waals surface area contributed by atoms with Crippen molar-refractivity contribution in [2.24, 2.45) is 4.99 Å². The molecule has 6 heteroatoms. The minimum atomic E-state index is -0.509. The van der Waals surface area contributed by atoms with Crippen LogP contribution in [0.3, 0.4) is 0 Å². The molecule has 0 aromatic heterocycles. The molecule has 0 N–H and O–H groups in total. The number of carbonyl (C=O) groups is 1. The van der Waals surface area contributed by atoms with E-state index in [2.05, 4.69) is 4.99 Å². The van der Waals surface area contributed by atoms with Gasteiger partial charge in [-0.3, -0.25) is 10.1 Å². The molecule has 2 aromatic rings. The summed E-state index contributed by atoms with van der Waals surface area (Å²) in [5, 5.41) is 10.6. The molecular weight excluding hydrogens is 320 g/mol. The second-order valence-electron chi connectivity index (χ2n) is 5.44. The second-order valence-corrected chi connectivity index (χ2v) is 5.44. The van der Waals surface area contributed by atoms with Crippen molar-refractivity contribution >= 4 is 23.6 Å². The van der Waals surface area contributed by atoms with Crippen LogP contribution in [-0.2, 0) is 9.53 Å². The molecule has 0 aliphatic carbocycles. The first-order valence-corrected chi connectivity index (χ1v) is 7.54. The van der Waals surface area contributed by atoms with Gasteiger partial charge in [0.2, 0.25) is 5.90 Å². The summed E-state index contributed by atoms with van der Waals surface area (Å²) >= 11 is 0. The number of carbonyl (C=O) groups excluding carboxylic acids is 1. The van der Waals surface area contributed by atoms with Crippen molar-refractivity contribution in [2.45, 2.75) is 6.92 Å². The third-order valence-electron chi connectivity index (χ3n) is 3.53. The average Bonchev–Trinajstić information content (AvgIpc) is 2.96. The maximum Gasteiger partial charge on any atom is 0.363 e. The molecule has 2 aromatic carbocycles. The first-order chi connectivity index (χ1) is 12.0. The molecule has 0 unspecified atom stereocenters. The van der Waals surface area contributed by atoms with E-state index in [1.54, 1.807) is 30.4 Å². The van der Waals surface area contributed by atoms with Crippen LogP contribution < -0.4 is 0 Å². The minimum Gasteiger partial charge on any atom is -0.402 e. The number of aliphatic imine (C=N–C) groups is 1. The molecular formula is C19H14N2O4. The number of esters is 1. The van der Waals surface area contributed by atoms with E-state index in [0.717, 1.165) is 16.7 Å². The number of cyclic esters (lactones) is 1. The molecule has 0 fully saturated rings. The zero-order valence-corrected chi connectivity index (χ0v) is 13.4. The van der Waals surface area contributed by atoms with Crippen molar-refractivity contribution in [1.82, 2.24) is 0 Å². The summed E-state index contributed by atoms with van der Waals surface area (Å²) in [6.07, 6.45) is 4.93. The Balaban J connectivity index is 1.76. The molecule has 6 nitrogen and oxygen atoms in total. The summed E-state index contributed by atoms with van der Waals surface area (Å²) < 4.78 is 5.19. The number of ether oxygens (including phenoxy) is 1. The topological polar surface area (TPSA) is 81.8 Å². The second kappa shape index (κ2) is 6.92. The fourth-order valence-electron chi connectivity index (χ4n) is 2.28. The van der Waals surface area contributed by atoms with Crippen molar-refractivity contribution in [3.63, 3.8) is 0 Å². The molecule has 1 heterocycles. The first-order valence-electron chi connectivity index (χ1n) is 7.54. The highest BCUT2D eigenvalue weighted by Crippen LogP contribution is 2.18. The van der Waals surface area contributed by atoms with Gasteiger partial charge in [-0.1, -0.05) is 29.8 Å². The number of aryl methyl sites for hydroxylation is 1. The van der Waals surface area contributed by atoms with Gasteiger partial charge in [0.1, 0.15) is 0 Å². The van der Waals surface area contributed by atoms with Crippen LogP contribution in [0, 0.1) is 17.0 Å². The number of hydrogen-bond donors (Lipinski definition) is 0. The number of nitro groups is 1. The number of rotatable bonds is 4. The lowest BCUT2D eigenvalue weighted by Crippen LogP contribution is -2.05. The third-order valence-corrected chi connectivity index (χ3v) is 3.53. The highest BCUT2D eigenvalue weighted by Gasteiger charge is 2.23. The summed E-state index contributed by atoms with van der Waals surface area (Å²) in [7, 11) is 0. The van der Waals surface area contributed by atoms with E-state index in [9.17, 15) is 14.9 Å². The smallest absolute Gasteiger partial charge is 0.363 e. The standard InChI is InChI=1S/C19H14N2O4/c1-13-4-2-6-15(12-13)18-20-17(19(22)25-18)7-3-5-14-8-10-16(11-9-14)21(23)24/h2-12H,1H3/b5-3+,17-7-. The molecule has 124 valence electrons. The molecule has 0 amide bonds. The van der Waals surface area contributed by atoms with Gasteiger partial charge in [-0.2, -0.15) is 0 Å². The predicted molar refractivity (Wildman–Crippen MR) is 94.0 cm³/mol. The van der Waals surface area contributed by atoms with E-state index in [0.29, 0.717) is 0 Å². The van der Waals surface area contributed by atoms with Crippen LogP contribution in [0.4, 0.5) is 5.69 Å². The zero-order valence-electron chi connectivity index (χ0n) is 13.4. The zero-order chi connectivity index (χ0) is 17.8. The number of nitro benzene ring substituents is 1. The Kier molecular flexibility index (Phi) is 4.52. The average molecular weight is 334 g/mol. The molecule has 0 atom stereocenters. The SMILES string of the molecule is Cc1cccc(C2=N/C(=C\C=C\c3ccc([N+](=O)[O-])cc3)C(=O)O2)c1. The monoisotopic (exact) mass is 334 g/mol. The van der Waals surface area contributed by atoms with E-state index in [1.165, 1.54) is 12.1 Å². The highest BCUT2D eigenvalue weighted by molar-refractivity contribution is 6.11. The maximum atomic E-state index is 11.9. The molecule has 0 bridgehead atoms. The van der Waals surface area contributed by atoms with Gasteiger partial charge in [0.25, 0.3) is 5.69 Å². The molecule has 0 spiro atoms. The van der Waals surface area contributed by atoms with Gasteiger partial charge >= 0.3 is 5.97 Å². The molecule has 3 rings (SSSR count). The van der Waals surface area contributed by atoms with Crippen LogP contribution in [0.1, 0.15) is 16.7 Å². The van der Waals surface area contributed by atoms with E-state index in [4.69, 9.17) is 4.74 Å². The molecule has 1 aliphatic heterocycles. The number of benzene rings is 2. The number of allylic oxidation sites excluding steroid dienone is 2. The van der Waals surface area contributed by atoms with Crippen LogP contribution in [0.2, 0.25) is 0 Å². The third kappa shape index (κ3) is 3.87. The number of non-ortho nitro benzene ring substituents is 1. The van der Waals surface area contributed by atoms with Gasteiger partial charge in [-0.15, -0.1) is 0 Å². The van der Waals surface area contributed by atoms with Crippen LogP contribution in [-0.4, -0.2) is 16.8 Å². The van der Waals surface area contributed by atoms with E-state index < -0.39 is 10.9 Å². The number of hydrogen-bond acceptors (Lipinski definition) is 5. The van der Waals surface area contributed by atoms with Crippen LogP contribution in [0.5, 0.6) is 0 Å². The lowest BCUT2D eigenvalue weighted by atomic mass is 10.1. The predicted octanol–water partition coefficient (Wildman–Crippen LogP) is 3.80. The molecule has 1 aliphatic rings. The van der Waals surface area contributed by atoms with E-state index in [-0.39, 0.29) is 17.3 Å². The molecule has 0 radical (unpaired) electrons. The van der Waals surface area contributed by atoms with Crippen molar-refractivity contribution in [1.29, 1.82) is 0 Å². The minimum absolute atomic E-state index is 0.0299. The Bertz CT molecular complexity index is 925. The van der Waals surface area contributed by atoms with Crippen molar-refractivity contribution in [2.75, 3.05) is 0 Å². The molecule has 0 saturated heterocycles. The maximum absolute atomic E-state index is 11.9. The normalized spacial score (nSPS) is 15.5. The van der Waals surface area contributed by atoms with Gasteiger partial charge in [-0.05, 0) is 42.8 Å². The van der Waals surface area contributed by atoms with Crippen LogP contribution >= 0.6 is 0 Å². The summed E-state index contributed by atoms with van der Waals surface area (Å²) in [4.78, 5) is 26.3. The Labute approximate surface area is 143 Å². The van der Waals surface area contributed by atoms with E-state index >= 15 is 0 Å². The van der Waals surface area contributed by atoms with Gasteiger partial charge in [0, 0.05) is 17.7 Å². The fourth-order valence-corrected chi connectivity index (χ4v) is 2.28.